The smallest absolute Gasteiger partial charge is 0.0335 e. The summed E-state index contributed by atoms with van der Waals surface area (Å²) in [4.78, 5) is 0. The highest BCUT2D eigenvalue weighted by molar-refractivity contribution is 5.33. The molecule has 0 aromatic heterocycles. The highest BCUT2D eigenvalue weighted by Crippen LogP contribution is 2.20. The van der Waals surface area contributed by atoms with Gasteiger partial charge in [-0.15, -0.1) is 0 Å². The van der Waals surface area contributed by atoms with Crippen molar-refractivity contribution in [3.05, 3.63) is 69.8 Å². The van der Waals surface area contributed by atoms with E-state index in [2.05, 4.69) is 64.1 Å². The molecular weight excluding hydrogens is 230 g/mol. The third-order valence-electron chi connectivity index (χ3n) is 3.41. The summed E-state index contributed by atoms with van der Waals surface area (Å²) in [7, 11) is 0. The standard InChI is InChI=1S/C18H23N/c1-12-5-13(2)8-16(7-12)11-18(19)17-9-14(3)6-15(4)10-17/h5-10,18H,11,19H2,1-4H3. The molecule has 2 aromatic rings. The fraction of sp³-hybridized carbons (Fsp3) is 0.333. The van der Waals surface area contributed by atoms with Gasteiger partial charge in [0.25, 0.3) is 0 Å². The van der Waals surface area contributed by atoms with Gasteiger partial charge in [-0.2, -0.15) is 0 Å². The van der Waals surface area contributed by atoms with Crippen LogP contribution in [-0.4, -0.2) is 0 Å². The Labute approximate surface area is 116 Å². The molecule has 0 heterocycles. The van der Waals surface area contributed by atoms with E-state index in [9.17, 15) is 0 Å². The van der Waals surface area contributed by atoms with Crippen LogP contribution in [0.5, 0.6) is 0 Å². The number of rotatable bonds is 3. The van der Waals surface area contributed by atoms with Crippen LogP contribution in [0.15, 0.2) is 36.4 Å². The third kappa shape index (κ3) is 3.68. The average molecular weight is 253 g/mol. The molecule has 0 aliphatic carbocycles. The summed E-state index contributed by atoms with van der Waals surface area (Å²) in [6, 6.07) is 13.3. The molecule has 0 spiro atoms. The molecule has 0 saturated heterocycles. The molecule has 0 bridgehead atoms. The predicted molar refractivity (Wildman–Crippen MR) is 82.5 cm³/mol. The first kappa shape index (κ1) is 13.8. The first-order valence-electron chi connectivity index (χ1n) is 6.85. The van der Waals surface area contributed by atoms with Gasteiger partial charge in [-0.3, -0.25) is 0 Å². The van der Waals surface area contributed by atoms with Crippen LogP contribution in [0.25, 0.3) is 0 Å². The molecule has 0 amide bonds. The summed E-state index contributed by atoms with van der Waals surface area (Å²) in [5, 5.41) is 0. The van der Waals surface area contributed by atoms with Gasteiger partial charge in [-0.1, -0.05) is 58.7 Å². The topological polar surface area (TPSA) is 26.0 Å². The molecule has 0 fully saturated rings. The van der Waals surface area contributed by atoms with Crippen molar-refractivity contribution in [1.82, 2.24) is 0 Å². The molecule has 0 radical (unpaired) electrons. The monoisotopic (exact) mass is 253 g/mol. The Morgan fingerprint density at radius 2 is 1.16 bits per heavy atom. The van der Waals surface area contributed by atoms with Gasteiger partial charge in [0.05, 0.1) is 0 Å². The first-order valence-corrected chi connectivity index (χ1v) is 6.85. The molecular formula is C18H23N. The van der Waals surface area contributed by atoms with Crippen molar-refractivity contribution in [3.8, 4) is 0 Å². The zero-order chi connectivity index (χ0) is 14.0. The molecule has 1 unspecified atom stereocenters. The van der Waals surface area contributed by atoms with E-state index in [1.165, 1.54) is 33.4 Å². The van der Waals surface area contributed by atoms with E-state index in [0.717, 1.165) is 6.42 Å². The summed E-state index contributed by atoms with van der Waals surface area (Å²) in [6.07, 6.45) is 0.894. The molecule has 19 heavy (non-hydrogen) atoms. The number of nitrogens with two attached hydrogens (primary N) is 1. The lowest BCUT2D eigenvalue weighted by Gasteiger charge is -2.15. The Morgan fingerprint density at radius 3 is 1.63 bits per heavy atom. The fourth-order valence-electron chi connectivity index (χ4n) is 2.78. The SMILES string of the molecule is Cc1cc(C)cc(CC(N)c2cc(C)cc(C)c2)c1. The first-order chi connectivity index (χ1) is 8.94. The average Bonchev–Trinajstić information content (AvgIpc) is 2.25. The van der Waals surface area contributed by atoms with E-state index >= 15 is 0 Å². The number of aryl methyl sites for hydroxylation is 4. The van der Waals surface area contributed by atoms with Gasteiger partial charge in [0, 0.05) is 6.04 Å². The molecule has 2 aromatic carbocycles. The minimum Gasteiger partial charge on any atom is -0.324 e. The molecule has 1 heteroatoms. The van der Waals surface area contributed by atoms with Crippen molar-refractivity contribution in [2.45, 2.75) is 40.2 Å². The van der Waals surface area contributed by atoms with E-state index in [4.69, 9.17) is 5.73 Å². The zero-order valence-electron chi connectivity index (χ0n) is 12.3. The molecule has 0 aliphatic rings. The van der Waals surface area contributed by atoms with E-state index in [0.29, 0.717) is 0 Å². The molecule has 100 valence electrons. The summed E-state index contributed by atoms with van der Waals surface area (Å²) in [5.74, 6) is 0. The van der Waals surface area contributed by atoms with Crippen molar-refractivity contribution >= 4 is 0 Å². The van der Waals surface area contributed by atoms with Crippen LogP contribution in [0, 0.1) is 27.7 Å². The van der Waals surface area contributed by atoms with Crippen molar-refractivity contribution in [2.24, 2.45) is 5.73 Å². The second-order valence-corrected chi connectivity index (χ2v) is 5.73. The van der Waals surface area contributed by atoms with E-state index < -0.39 is 0 Å². The van der Waals surface area contributed by atoms with E-state index in [1.807, 2.05) is 0 Å². The quantitative estimate of drug-likeness (QED) is 0.873. The molecule has 0 aliphatic heterocycles. The molecule has 0 saturated carbocycles. The minimum atomic E-state index is 0.0693. The highest BCUT2D eigenvalue weighted by atomic mass is 14.6. The number of hydrogen-bond donors (Lipinski definition) is 1. The maximum atomic E-state index is 6.36. The molecule has 2 rings (SSSR count). The fourth-order valence-corrected chi connectivity index (χ4v) is 2.78. The van der Waals surface area contributed by atoms with Crippen LogP contribution < -0.4 is 5.73 Å². The second-order valence-electron chi connectivity index (χ2n) is 5.73. The molecule has 1 nitrogen and oxygen atoms in total. The maximum absolute atomic E-state index is 6.36. The van der Waals surface area contributed by atoms with Gasteiger partial charge >= 0.3 is 0 Å². The van der Waals surface area contributed by atoms with Crippen LogP contribution in [-0.2, 0) is 6.42 Å². The van der Waals surface area contributed by atoms with Gasteiger partial charge in [-0.05, 0) is 45.2 Å². The lowest BCUT2D eigenvalue weighted by Crippen LogP contribution is -2.14. The lowest BCUT2D eigenvalue weighted by molar-refractivity contribution is 0.719. The Balaban J connectivity index is 2.22. The lowest BCUT2D eigenvalue weighted by atomic mass is 9.95. The van der Waals surface area contributed by atoms with Crippen molar-refractivity contribution in [3.63, 3.8) is 0 Å². The highest BCUT2D eigenvalue weighted by Gasteiger charge is 2.09. The van der Waals surface area contributed by atoms with Crippen LogP contribution in [0.4, 0.5) is 0 Å². The van der Waals surface area contributed by atoms with Crippen molar-refractivity contribution < 1.29 is 0 Å². The van der Waals surface area contributed by atoms with E-state index in [1.54, 1.807) is 0 Å². The van der Waals surface area contributed by atoms with Crippen LogP contribution in [0.2, 0.25) is 0 Å². The Bertz CT molecular complexity index is 544. The predicted octanol–water partition coefficient (Wildman–Crippen LogP) is 4.16. The minimum absolute atomic E-state index is 0.0693. The summed E-state index contributed by atoms with van der Waals surface area (Å²) in [5.41, 5.74) is 14.1. The summed E-state index contributed by atoms with van der Waals surface area (Å²) >= 11 is 0. The van der Waals surface area contributed by atoms with Crippen LogP contribution in [0.3, 0.4) is 0 Å². The summed E-state index contributed by atoms with van der Waals surface area (Å²) in [6.45, 7) is 8.53. The zero-order valence-corrected chi connectivity index (χ0v) is 12.3. The second kappa shape index (κ2) is 5.58. The van der Waals surface area contributed by atoms with Gasteiger partial charge in [0.1, 0.15) is 0 Å². The van der Waals surface area contributed by atoms with Gasteiger partial charge in [0.2, 0.25) is 0 Å². The van der Waals surface area contributed by atoms with Gasteiger partial charge < -0.3 is 5.73 Å². The largest absolute Gasteiger partial charge is 0.324 e. The Hall–Kier alpha value is -1.60. The number of hydrogen-bond acceptors (Lipinski definition) is 1. The third-order valence-corrected chi connectivity index (χ3v) is 3.41. The van der Waals surface area contributed by atoms with Crippen molar-refractivity contribution in [2.75, 3.05) is 0 Å². The summed E-state index contributed by atoms with van der Waals surface area (Å²) < 4.78 is 0. The Kier molecular flexibility index (Phi) is 4.06. The van der Waals surface area contributed by atoms with Crippen LogP contribution >= 0.6 is 0 Å². The number of benzene rings is 2. The normalized spacial score (nSPS) is 12.5. The Morgan fingerprint density at radius 1 is 0.737 bits per heavy atom. The van der Waals surface area contributed by atoms with Crippen molar-refractivity contribution in [1.29, 1.82) is 0 Å². The van der Waals surface area contributed by atoms with Crippen LogP contribution in [0.1, 0.15) is 39.4 Å². The molecule has 2 N–H and O–H groups in total. The molecule has 1 atom stereocenters. The van der Waals surface area contributed by atoms with Gasteiger partial charge in [0.15, 0.2) is 0 Å². The van der Waals surface area contributed by atoms with E-state index in [-0.39, 0.29) is 6.04 Å². The van der Waals surface area contributed by atoms with Gasteiger partial charge in [-0.25, -0.2) is 0 Å². The maximum Gasteiger partial charge on any atom is 0.0335 e.